The van der Waals surface area contributed by atoms with E-state index in [1.807, 2.05) is 18.4 Å². The standard InChI is InChI=1S/C11H10N2OS2/c1-7-6-15-11(13-7)16-10-4-3-9(5-12-10)8(2)14/h3-6H,1-2H3. The van der Waals surface area contributed by atoms with E-state index in [-0.39, 0.29) is 5.78 Å². The highest BCUT2D eigenvalue weighted by Gasteiger charge is 2.04. The van der Waals surface area contributed by atoms with E-state index in [4.69, 9.17) is 0 Å². The van der Waals surface area contributed by atoms with Crippen molar-refractivity contribution in [2.75, 3.05) is 0 Å². The summed E-state index contributed by atoms with van der Waals surface area (Å²) in [6.07, 6.45) is 1.60. The van der Waals surface area contributed by atoms with Gasteiger partial charge in [0.2, 0.25) is 0 Å². The van der Waals surface area contributed by atoms with Crippen LogP contribution in [0.4, 0.5) is 0 Å². The van der Waals surface area contributed by atoms with Gasteiger partial charge in [-0.1, -0.05) is 0 Å². The van der Waals surface area contributed by atoms with Gasteiger partial charge in [0, 0.05) is 22.8 Å². The molecule has 0 fully saturated rings. The number of carbonyl (C=O) groups excluding carboxylic acids is 1. The molecule has 0 aromatic carbocycles. The summed E-state index contributed by atoms with van der Waals surface area (Å²) in [6.45, 7) is 3.50. The van der Waals surface area contributed by atoms with Crippen molar-refractivity contribution in [3.05, 3.63) is 35.0 Å². The molecular formula is C11H10N2OS2. The molecule has 2 aromatic rings. The van der Waals surface area contributed by atoms with Gasteiger partial charge in [0.25, 0.3) is 0 Å². The number of thiazole rings is 1. The van der Waals surface area contributed by atoms with E-state index < -0.39 is 0 Å². The Morgan fingerprint density at radius 1 is 1.44 bits per heavy atom. The Morgan fingerprint density at radius 3 is 2.75 bits per heavy atom. The average molecular weight is 250 g/mol. The highest BCUT2D eigenvalue weighted by Crippen LogP contribution is 2.28. The zero-order chi connectivity index (χ0) is 11.5. The first kappa shape index (κ1) is 11.3. The van der Waals surface area contributed by atoms with Crippen LogP contribution in [0.5, 0.6) is 0 Å². The van der Waals surface area contributed by atoms with Gasteiger partial charge in [-0.15, -0.1) is 11.3 Å². The molecule has 0 saturated heterocycles. The van der Waals surface area contributed by atoms with E-state index in [9.17, 15) is 4.79 Å². The van der Waals surface area contributed by atoms with Gasteiger partial charge in [-0.3, -0.25) is 4.79 Å². The summed E-state index contributed by atoms with van der Waals surface area (Å²) in [6, 6.07) is 3.64. The van der Waals surface area contributed by atoms with Gasteiger partial charge in [0.05, 0.1) is 0 Å². The molecular weight excluding hydrogens is 240 g/mol. The number of ketones is 1. The smallest absolute Gasteiger partial charge is 0.161 e. The third-order valence-corrected chi connectivity index (χ3v) is 3.94. The minimum absolute atomic E-state index is 0.0362. The van der Waals surface area contributed by atoms with Crippen molar-refractivity contribution in [2.45, 2.75) is 23.2 Å². The summed E-state index contributed by atoms with van der Waals surface area (Å²) < 4.78 is 0.973. The fraction of sp³-hybridized carbons (Fsp3) is 0.182. The first-order valence-corrected chi connectivity index (χ1v) is 6.42. The van der Waals surface area contributed by atoms with Gasteiger partial charge in [-0.25, -0.2) is 9.97 Å². The second-order valence-corrected chi connectivity index (χ2v) is 5.42. The highest BCUT2D eigenvalue weighted by molar-refractivity contribution is 8.01. The van der Waals surface area contributed by atoms with Crippen molar-refractivity contribution in [1.29, 1.82) is 0 Å². The molecule has 2 heterocycles. The second-order valence-electron chi connectivity index (χ2n) is 3.30. The molecule has 0 radical (unpaired) electrons. The average Bonchev–Trinajstić information content (AvgIpc) is 2.65. The summed E-state index contributed by atoms with van der Waals surface area (Å²) >= 11 is 3.11. The van der Waals surface area contributed by atoms with Crippen LogP contribution in [-0.2, 0) is 0 Å². The number of Topliss-reactive ketones (excluding diaryl/α,β-unsaturated/α-hetero) is 1. The normalized spacial score (nSPS) is 10.4. The molecule has 0 aliphatic carbocycles. The predicted octanol–water partition coefficient (Wildman–Crippen LogP) is 3.20. The zero-order valence-electron chi connectivity index (χ0n) is 8.93. The number of hydrogen-bond donors (Lipinski definition) is 0. The van der Waals surface area contributed by atoms with Gasteiger partial charge in [-0.05, 0) is 37.7 Å². The fourth-order valence-corrected chi connectivity index (χ4v) is 2.84. The summed E-state index contributed by atoms with van der Waals surface area (Å²) in [7, 11) is 0. The number of rotatable bonds is 3. The lowest BCUT2D eigenvalue weighted by atomic mass is 10.2. The molecule has 0 saturated carbocycles. The Kier molecular flexibility index (Phi) is 3.36. The minimum Gasteiger partial charge on any atom is -0.294 e. The van der Waals surface area contributed by atoms with Crippen molar-refractivity contribution in [3.8, 4) is 0 Å². The lowest BCUT2D eigenvalue weighted by Gasteiger charge is -1.98. The van der Waals surface area contributed by atoms with E-state index in [2.05, 4.69) is 9.97 Å². The molecule has 5 heteroatoms. The Morgan fingerprint density at radius 2 is 2.25 bits per heavy atom. The molecule has 2 aromatic heterocycles. The zero-order valence-corrected chi connectivity index (χ0v) is 10.6. The molecule has 0 spiro atoms. The second kappa shape index (κ2) is 4.76. The van der Waals surface area contributed by atoms with Crippen molar-refractivity contribution < 1.29 is 4.79 Å². The van der Waals surface area contributed by atoms with E-state index in [0.29, 0.717) is 5.56 Å². The van der Waals surface area contributed by atoms with Gasteiger partial charge in [0.1, 0.15) is 5.03 Å². The quantitative estimate of drug-likeness (QED) is 0.785. The lowest BCUT2D eigenvalue weighted by molar-refractivity contribution is 0.101. The Bertz CT molecular complexity index is 505. The first-order chi connectivity index (χ1) is 7.65. The van der Waals surface area contributed by atoms with Gasteiger partial charge in [0.15, 0.2) is 10.1 Å². The van der Waals surface area contributed by atoms with E-state index in [1.165, 1.54) is 18.7 Å². The SMILES string of the molecule is CC(=O)c1ccc(Sc2nc(C)cs2)nc1. The van der Waals surface area contributed by atoms with Crippen LogP contribution in [0.25, 0.3) is 0 Å². The predicted molar refractivity (Wildman–Crippen MR) is 65.2 cm³/mol. The molecule has 0 amide bonds. The van der Waals surface area contributed by atoms with Crippen molar-refractivity contribution in [2.24, 2.45) is 0 Å². The van der Waals surface area contributed by atoms with Crippen LogP contribution < -0.4 is 0 Å². The highest BCUT2D eigenvalue weighted by atomic mass is 32.2. The maximum absolute atomic E-state index is 11.1. The van der Waals surface area contributed by atoms with Gasteiger partial charge >= 0.3 is 0 Å². The number of pyridine rings is 1. The maximum Gasteiger partial charge on any atom is 0.161 e. The minimum atomic E-state index is 0.0362. The first-order valence-electron chi connectivity index (χ1n) is 4.72. The van der Waals surface area contributed by atoms with Crippen LogP contribution >= 0.6 is 23.1 Å². The third-order valence-electron chi connectivity index (χ3n) is 1.93. The van der Waals surface area contributed by atoms with Crippen LogP contribution in [0.1, 0.15) is 23.0 Å². The lowest BCUT2D eigenvalue weighted by Crippen LogP contribution is -1.92. The topological polar surface area (TPSA) is 42.9 Å². The van der Waals surface area contributed by atoms with Crippen molar-refractivity contribution in [3.63, 3.8) is 0 Å². The summed E-state index contributed by atoms with van der Waals surface area (Å²) in [5.41, 5.74) is 1.66. The molecule has 2 rings (SSSR count). The van der Waals surface area contributed by atoms with Gasteiger partial charge in [-0.2, -0.15) is 0 Å². The van der Waals surface area contributed by atoms with Crippen LogP contribution in [0.2, 0.25) is 0 Å². The van der Waals surface area contributed by atoms with E-state index in [1.54, 1.807) is 23.6 Å². The van der Waals surface area contributed by atoms with Crippen molar-refractivity contribution in [1.82, 2.24) is 9.97 Å². The molecule has 0 unspecified atom stereocenters. The number of carbonyl (C=O) groups is 1. The van der Waals surface area contributed by atoms with Crippen LogP contribution in [0, 0.1) is 6.92 Å². The fourth-order valence-electron chi connectivity index (χ4n) is 1.12. The van der Waals surface area contributed by atoms with Crippen LogP contribution in [0.15, 0.2) is 33.1 Å². The summed E-state index contributed by atoms with van der Waals surface area (Å²) in [4.78, 5) is 19.6. The Labute approximate surface area is 102 Å². The molecule has 0 aliphatic rings. The summed E-state index contributed by atoms with van der Waals surface area (Å²) in [5.74, 6) is 0.0362. The van der Waals surface area contributed by atoms with E-state index in [0.717, 1.165) is 15.1 Å². The third kappa shape index (κ3) is 2.68. The number of hydrogen-bond acceptors (Lipinski definition) is 5. The monoisotopic (exact) mass is 250 g/mol. The molecule has 82 valence electrons. The molecule has 0 bridgehead atoms. The van der Waals surface area contributed by atoms with E-state index >= 15 is 0 Å². The molecule has 0 atom stereocenters. The largest absolute Gasteiger partial charge is 0.294 e. The van der Waals surface area contributed by atoms with Crippen molar-refractivity contribution >= 4 is 28.9 Å². The Hall–Kier alpha value is -1.20. The molecule has 16 heavy (non-hydrogen) atoms. The number of aromatic nitrogens is 2. The summed E-state index contributed by atoms with van der Waals surface area (Å²) in [5, 5.41) is 2.87. The Balaban J connectivity index is 2.14. The molecule has 0 aliphatic heterocycles. The van der Waals surface area contributed by atoms with Crippen LogP contribution in [-0.4, -0.2) is 15.8 Å². The molecule has 0 N–H and O–H groups in total. The maximum atomic E-state index is 11.1. The molecule has 3 nitrogen and oxygen atoms in total. The van der Waals surface area contributed by atoms with Crippen LogP contribution in [0.3, 0.4) is 0 Å². The van der Waals surface area contributed by atoms with Gasteiger partial charge < -0.3 is 0 Å². The number of aryl methyl sites for hydroxylation is 1. The number of nitrogens with zero attached hydrogens (tertiary/aromatic N) is 2.